The molecule has 0 spiro atoms. The van der Waals surface area contributed by atoms with Gasteiger partial charge in [-0.2, -0.15) is 0 Å². The Balaban J connectivity index is 1.54. The van der Waals surface area contributed by atoms with E-state index in [0.717, 1.165) is 0 Å². The smallest absolute Gasteiger partial charge is 0.339 e. The van der Waals surface area contributed by atoms with E-state index in [2.05, 4.69) is 20.8 Å². The van der Waals surface area contributed by atoms with E-state index in [0.29, 0.717) is 27.7 Å². The molecule has 3 aromatic carbocycles. The van der Waals surface area contributed by atoms with Crippen LogP contribution in [0.1, 0.15) is 22.0 Å². The average molecular weight is 464 g/mol. The molecule has 0 aliphatic carbocycles. The van der Waals surface area contributed by atoms with E-state index in [1.54, 1.807) is 72.8 Å². The first-order chi connectivity index (χ1) is 16.0. The van der Waals surface area contributed by atoms with Gasteiger partial charge >= 0.3 is 5.97 Å². The highest BCUT2D eigenvalue weighted by Gasteiger charge is 2.26. The molecule has 9 nitrogen and oxygen atoms in total. The summed E-state index contributed by atoms with van der Waals surface area (Å²) in [6.07, 6.45) is 0.257. The van der Waals surface area contributed by atoms with Crippen LogP contribution in [0.3, 0.4) is 0 Å². The molecule has 0 saturated carbocycles. The number of carbonyl (C=O) groups is 2. The van der Waals surface area contributed by atoms with Crippen molar-refractivity contribution >= 4 is 29.2 Å². The van der Waals surface area contributed by atoms with Crippen LogP contribution in [-0.2, 0) is 9.53 Å². The minimum absolute atomic E-state index is 0.271. The molecule has 0 aliphatic heterocycles. The average Bonchev–Trinajstić information content (AvgIpc) is 3.38. The van der Waals surface area contributed by atoms with Gasteiger partial charge in [0.15, 0.2) is 0 Å². The van der Waals surface area contributed by atoms with Gasteiger partial charge in [0, 0.05) is 11.3 Å². The third kappa shape index (κ3) is 5.16. The summed E-state index contributed by atoms with van der Waals surface area (Å²) in [5.74, 6) is -0.707. The predicted molar refractivity (Wildman–Crippen MR) is 120 cm³/mol. The van der Waals surface area contributed by atoms with Gasteiger partial charge in [-0.25, -0.2) is 9.48 Å². The van der Waals surface area contributed by atoms with Crippen molar-refractivity contribution in [2.24, 2.45) is 0 Å². The van der Waals surface area contributed by atoms with Gasteiger partial charge in [-0.05, 0) is 52.9 Å². The predicted octanol–water partition coefficient (Wildman–Crippen LogP) is 3.86. The zero-order chi connectivity index (χ0) is 23.2. The quantitative estimate of drug-likeness (QED) is 0.414. The number of halogens is 1. The van der Waals surface area contributed by atoms with Crippen molar-refractivity contribution in [1.82, 2.24) is 20.2 Å². The Morgan fingerprint density at radius 1 is 1.03 bits per heavy atom. The Bertz CT molecular complexity index is 1250. The molecule has 0 fully saturated rings. The fourth-order valence-corrected chi connectivity index (χ4v) is 3.32. The van der Waals surface area contributed by atoms with Gasteiger partial charge in [-0.15, -0.1) is 5.10 Å². The van der Waals surface area contributed by atoms with Gasteiger partial charge < -0.3 is 14.8 Å². The van der Waals surface area contributed by atoms with Crippen molar-refractivity contribution in [3.63, 3.8) is 0 Å². The number of benzene rings is 3. The number of ether oxygens (including phenoxy) is 2. The molecule has 1 amide bonds. The lowest BCUT2D eigenvalue weighted by atomic mass is 10.1. The number of rotatable bonds is 7. The first-order valence-corrected chi connectivity index (χ1v) is 10.2. The van der Waals surface area contributed by atoms with Crippen LogP contribution < -0.4 is 10.1 Å². The third-order valence-electron chi connectivity index (χ3n) is 4.70. The number of amides is 1. The van der Waals surface area contributed by atoms with Gasteiger partial charge in [0.25, 0.3) is 5.91 Å². The van der Waals surface area contributed by atoms with Crippen molar-refractivity contribution in [3.8, 4) is 11.4 Å². The number of esters is 1. The Kier molecular flexibility index (Phi) is 6.61. The molecule has 4 aromatic rings. The van der Waals surface area contributed by atoms with Crippen LogP contribution in [0, 0.1) is 0 Å². The van der Waals surface area contributed by atoms with E-state index in [-0.39, 0.29) is 5.56 Å². The van der Waals surface area contributed by atoms with Crippen molar-refractivity contribution in [2.75, 3.05) is 12.4 Å². The second-order valence-corrected chi connectivity index (χ2v) is 7.24. The number of nitrogens with one attached hydrogen (secondary N) is 1. The van der Waals surface area contributed by atoms with Gasteiger partial charge in [0.1, 0.15) is 12.1 Å². The Morgan fingerprint density at radius 2 is 1.79 bits per heavy atom. The lowest BCUT2D eigenvalue weighted by molar-refractivity contribution is -0.125. The molecule has 1 aromatic heterocycles. The number of anilines is 1. The summed E-state index contributed by atoms with van der Waals surface area (Å²) in [6.45, 7) is 0. The first kappa shape index (κ1) is 22.0. The lowest BCUT2D eigenvalue weighted by Gasteiger charge is -2.18. The van der Waals surface area contributed by atoms with Crippen LogP contribution >= 0.6 is 11.6 Å². The monoisotopic (exact) mass is 463 g/mol. The molecule has 0 bridgehead atoms. The maximum atomic E-state index is 13.1. The zero-order valence-corrected chi connectivity index (χ0v) is 18.1. The van der Waals surface area contributed by atoms with E-state index in [1.165, 1.54) is 18.1 Å². The Morgan fingerprint density at radius 3 is 2.42 bits per heavy atom. The van der Waals surface area contributed by atoms with E-state index < -0.39 is 18.0 Å². The number of hydrogen-bond donors (Lipinski definition) is 1. The largest absolute Gasteiger partial charge is 0.495 e. The topological polar surface area (TPSA) is 108 Å². The Hall–Kier alpha value is -4.24. The number of aromatic nitrogens is 4. The maximum absolute atomic E-state index is 13.1. The standard InChI is InChI=1S/C23H18ClN5O4/c1-32-20-12-9-17(13-19(20)24)26-22(30)21(15-5-3-2-4-6-15)33-23(31)16-7-10-18(11-8-16)29-14-25-27-28-29/h2-14,21H,1H3,(H,26,30)/t21-/m1/s1. The summed E-state index contributed by atoms with van der Waals surface area (Å²) < 4.78 is 12.2. The summed E-state index contributed by atoms with van der Waals surface area (Å²) in [5.41, 5.74) is 1.90. The van der Waals surface area contributed by atoms with Crippen LogP contribution in [0.4, 0.5) is 5.69 Å². The Labute approximate surface area is 193 Å². The van der Waals surface area contributed by atoms with Crippen LogP contribution in [0.5, 0.6) is 5.75 Å². The third-order valence-corrected chi connectivity index (χ3v) is 5.00. The number of tetrazole rings is 1. The van der Waals surface area contributed by atoms with Gasteiger partial charge in [-0.1, -0.05) is 41.9 Å². The van der Waals surface area contributed by atoms with Crippen LogP contribution in [-0.4, -0.2) is 39.2 Å². The molecular formula is C23H18ClN5O4. The molecule has 0 radical (unpaired) electrons. The number of carbonyl (C=O) groups excluding carboxylic acids is 2. The SMILES string of the molecule is COc1ccc(NC(=O)[C@H](OC(=O)c2ccc(-n3cnnn3)cc2)c2ccccc2)cc1Cl. The fraction of sp³-hybridized carbons (Fsp3) is 0.0870. The minimum Gasteiger partial charge on any atom is -0.495 e. The highest BCUT2D eigenvalue weighted by molar-refractivity contribution is 6.32. The second-order valence-electron chi connectivity index (χ2n) is 6.84. The molecule has 10 heteroatoms. The number of nitrogens with zero attached hydrogens (tertiary/aromatic N) is 4. The molecule has 166 valence electrons. The number of hydrogen-bond acceptors (Lipinski definition) is 7. The second kappa shape index (κ2) is 9.92. The summed E-state index contributed by atoms with van der Waals surface area (Å²) in [4.78, 5) is 25.9. The number of methoxy groups -OCH3 is 1. The molecule has 0 saturated heterocycles. The zero-order valence-electron chi connectivity index (χ0n) is 17.4. The lowest BCUT2D eigenvalue weighted by Crippen LogP contribution is -2.26. The van der Waals surface area contributed by atoms with Crippen LogP contribution in [0.15, 0.2) is 79.1 Å². The van der Waals surface area contributed by atoms with Crippen molar-refractivity contribution in [2.45, 2.75) is 6.10 Å². The van der Waals surface area contributed by atoms with Crippen molar-refractivity contribution in [1.29, 1.82) is 0 Å². The molecule has 33 heavy (non-hydrogen) atoms. The van der Waals surface area contributed by atoms with Crippen molar-refractivity contribution in [3.05, 3.63) is 95.3 Å². The van der Waals surface area contributed by atoms with Gasteiger partial charge in [0.05, 0.1) is 23.4 Å². The highest BCUT2D eigenvalue weighted by Crippen LogP contribution is 2.28. The molecule has 0 aliphatic rings. The van der Waals surface area contributed by atoms with E-state index in [1.807, 2.05) is 0 Å². The van der Waals surface area contributed by atoms with E-state index in [4.69, 9.17) is 21.1 Å². The van der Waals surface area contributed by atoms with E-state index in [9.17, 15) is 9.59 Å². The fourth-order valence-electron chi connectivity index (χ4n) is 3.06. The molecular weight excluding hydrogens is 446 g/mol. The molecule has 0 unspecified atom stereocenters. The van der Waals surface area contributed by atoms with Gasteiger partial charge in [-0.3, -0.25) is 4.79 Å². The van der Waals surface area contributed by atoms with E-state index >= 15 is 0 Å². The minimum atomic E-state index is -1.18. The first-order valence-electron chi connectivity index (χ1n) is 9.79. The molecule has 4 rings (SSSR count). The summed E-state index contributed by atoms with van der Waals surface area (Å²) in [6, 6.07) is 20.1. The molecule has 1 heterocycles. The summed E-state index contributed by atoms with van der Waals surface area (Å²) in [7, 11) is 1.50. The van der Waals surface area contributed by atoms with Crippen LogP contribution in [0.2, 0.25) is 5.02 Å². The maximum Gasteiger partial charge on any atom is 0.339 e. The van der Waals surface area contributed by atoms with Gasteiger partial charge in [0.2, 0.25) is 6.10 Å². The highest BCUT2D eigenvalue weighted by atomic mass is 35.5. The van der Waals surface area contributed by atoms with Crippen LogP contribution in [0.25, 0.3) is 5.69 Å². The summed E-state index contributed by atoms with van der Waals surface area (Å²) in [5, 5.41) is 14.0. The normalized spacial score (nSPS) is 11.5. The molecule has 1 atom stereocenters. The molecule has 1 N–H and O–H groups in total. The van der Waals surface area contributed by atoms with Crippen molar-refractivity contribution < 1.29 is 19.1 Å². The summed E-state index contributed by atoms with van der Waals surface area (Å²) >= 11 is 6.15.